The highest BCUT2D eigenvalue weighted by Gasteiger charge is 2.32. The van der Waals surface area contributed by atoms with E-state index in [1.807, 2.05) is 6.92 Å². The van der Waals surface area contributed by atoms with Crippen LogP contribution in [0.1, 0.15) is 39.0 Å². The lowest BCUT2D eigenvalue weighted by Gasteiger charge is -2.38. The van der Waals surface area contributed by atoms with E-state index in [-0.39, 0.29) is 18.6 Å². The highest BCUT2D eigenvalue weighted by Crippen LogP contribution is 2.26. The third-order valence-electron chi connectivity index (χ3n) is 3.17. The summed E-state index contributed by atoms with van der Waals surface area (Å²) in [6.07, 6.45) is 4.61. The average molecular weight is 224 g/mol. The molecule has 1 unspecified atom stereocenters. The van der Waals surface area contributed by atoms with Gasteiger partial charge in [-0.1, -0.05) is 13.3 Å². The van der Waals surface area contributed by atoms with Crippen molar-refractivity contribution in [1.29, 1.82) is 5.26 Å². The van der Waals surface area contributed by atoms with Crippen LogP contribution in [-0.2, 0) is 4.79 Å². The molecule has 1 fully saturated rings. The molecule has 4 heteroatoms. The summed E-state index contributed by atoms with van der Waals surface area (Å²) in [6, 6.07) is 2.33. The lowest BCUT2D eigenvalue weighted by atomic mass is 9.90. The summed E-state index contributed by atoms with van der Waals surface area (Å²) in [5, 5.41) is 17.9. The van der Waals surface area contributed by atoms with E-state index in [1.165, 1.54) is 0 Å². The van der Waals surface area contributed by atoms with Crippen LogP contribution in [-0.4, -0.2) is 35.1 Å². The van der Waals surface area contributed by atoms with Crippen LogP contribution in [0.3, 0.4) is 0 Å². The highest BCUT2D eigenvalue weighted by molar-refractivity contribution is 5.81. The number of hydrogen-bond acceptors (Lipinski definition) is 3. The molecule has 1 atom stereocenters. The van der Waals surface area contributed by atoms with Crippen LogP contribution in [0.15, 0.2) is 0 Å². The highest BCUT2D eigenvalue weighted by atomic mass is 16.3. The summed E-state index contributed by atoms with van der Waals surface area (Å²) < 4.78 is 0. The average Bonchev–Trinajstić information content (AvgIpc) is 2.22. The van der Waals surface area contributed by atoms with Gasteiger partial charge in [-0.15, -0.1) is 0 Å². The van der Waals surface area contributed by atoms with Gasteiger partial charge < -0.3 is 10.0 Å². The van der Waals surface area contributed by atoms with Crippen molar-refractivity contribution in [2.45, 2.75) is 45.1 Å². The first-order chi connectivity index (χ1) is 7.74. The second kappa shape index (κ2) is 6.49. The van der Waals surface area contributed by atoms with Crippen LogP contribution < -0.4 is 0 Å². The quantitative estimate of drug-likeness (QED) is 0.739. The topological polar surface area (TPSA) is 64.3 Å². The molecule has 16 heavy (non-hydrogen) atoms. The standard InChI is InChI=1S/C12H20N2O2/c1-2-4-10(9-13)12(16)14(7-8-15)11-5-3-6-11/h10-11,15H,2-8H2,1H3. The molecule has 1 aliphatic rings. The van der Waals surface area contributed by atoms with Gasteiger partial charge in [0, 0.05) is 12.6 Å². The molecule has 1 amide bonds. The van der Waals surface area contributed by atoms with Gasteiger partial charge in [-0.3, -0.25) is 4.79 Å². The molecule has 90 valence electrons. The van der Waals surface area contributed by atoms with E-state index in [9.17, 15) is 4.79 Å². The summed E-state index contributed by atoms with van der Waals surface area (Å²) >= 11 is 0. The van der Waals surface area contributed by atoms with Gasteiger partial charge in [0.25, 0.3) is 0 Å². The fourth-order valence-electron chi connectivity index (χ4n) is 2.01. The molecule has 0 spiro atoms. The maximum Gasteiger partial charge on any atom is 0.240 e. The Labute approximate surface area is 96.9 Å². The first kappa shape index (κ1) is 13.0. The first-order valence-electron chi connectivity index (χ1n) is 6.05. The monoisotopic (exact) mass is 224 g/mol. The number of carbonyl (C=O) groups is 1. The Hall–Kier alpha value is -1.08. The van der Waals surface area contributed by atoms with Gasteiger partial charge in [-0.25, -0.2) is 0 Å². The number of nitriles is 1. The molecule has 0 radical (unpaired) electrons. The van der Waals surface area contributed by atoms with Crippen molar-refractivity contribution in [3.63, 3.8) is 0 Å². The zero-order valence-corrected chi connectivity index (χ0v) is 9.85. The largest absolute Gasteiger partial charge is 0.395 e. The molecule has 1 saturated carbocycles. The van der Waals surface area contributed by atoms with E-state index in [4.69, 9.17) is 10.4 Å². The molecule has 0 aromatic rings. The summed E-state index contributed by atoms with van der Waals surface area (Å²) in [7, 11) is 0. The second-order valence-electron chi connectivity index (χ2n) is 4.31. The number of aliphatic hydroxyl groups excluding tert-OH is 1. The van der Waals surface area contributed by atoms with Crippen molar-refractivity contribution in [2.75, 3.05) is 13.2 Å². The summed E-state index contributed by atoms with van der Waals surface area (Å²) in [4.78, 5) is 13.8. The van der Waals surface area contributed by atoms with E-state index in [2.05, 4.69) is 6.07 Å². The van der Waals surface area contributed by atoms with Crippen LogP contribution in [0.2, 0.25) is 0 Å². The van der Waals surface area contributed by atoms with Gasteiger partial charge in [0.15, 0.2) is 0 Å². The molecule has 1 rings (SSSR count). The van der Waals surface area contributed by atoms with Gasteiger partial charge >= 0.3 is 0 Å². The van der Waals surface area contributed by atoms with Gasteiger partial charge in [-0.2, -0.15) is 5.26 Å². The number of aliphatic hydroxyl groups is 1. The van der Waals surface area contributed by atoms with Crippen molar-refractivity contribution >= 4 is 5.91 Å². The molecule has 4 nitrogen and oxygen atoms in total. The van der Waals surface area contributed by atoms with Crippen LogP contribution in [0, 0.1) is 17.2 Å². The van der Waals surface area contributed by atoms with Crippen LogP contribution in [0.5, 0.6) is 0 Å². The maximum absolute atomic E-state index is 12.1. The molecular weight excluding hydrogens is 204 g/mol. The van der Waals surface area contributed by atoms with E-state index in [1.54, 1.807) is 4.90 Å². The Kier molecular flexibility index (Phi) is 5.27. The molecule has 1 N–H and O–H groups in total. The molecule has 0 heterocycles. The van der Waals surface area contributed by atoms with E-state index >= 15 is 0 Å². The van der Waals surface area contributed by atoms with E-state index in [0.29, 0.717) is 13.0 Å². The zero-order valence-electron chi connectivity index (χ0n) is 9.85. The Morgan fingerprint density at radius 2 is 2.31 bits per heavy atom. The minimum atomic E-state index is -0.530. The van der Waals surface area contributed by atoms with Crippen molar-refractivity contribution in [3.05, 3.63) is 0 Å². The van der Waals surface area contributed by atoms with Crippen LogP contribution in [0.4, 0.5) is 0 Å². The van der Waals surface area contributed by atoms with Crippen molar-refractivity contribution in [3.8, 4) is 6.07 Å². The summed E-state index contributed by atoms with van der Waals surface area (Å²) in [5.41, 5.74) is 0. The molecule has 0 aromatic heterocycles. The summed E-state index contributed by atoms with van der Waals surface area (Å²) in [5.74, 6) is -0.625. The Bertz CT molecular complexity index is 269. The minimum Gasteiger partial charge on any atom is -0.395 e. The van der Waals surface area contributed by atoms with E-state index < -0.39 is 5.92 Å². The number of carbonyl (C=O) groups excluding carboxylic acids is 1. The third kappa shape index (κ3) is 2.96. The lowest BCUT2D eigenvalue weighted by Crippen LogP contribution is -2.47. The predicted octanol–water partition coefficient (Wildman–Crippen LogP) is 1.30. The molecule has 1 aliphatic carbocycles. The number of amides is 1. The second-order valence-corrected chi connectivity index (χ2v) is 4.31. The van der Waals surface area contributed by atoms with Crippen molar-refractivity contribution in [1.82, 2.24) is 4.90 Å². The fourth-order valence-corrected chi connectivity index (χ4v) is 2.01. The van der Waals surface area contributed by atoms with E-state index in [0.717, 1.165) is 25.7 Å². The van der Waals surface area contributed by atoms with Crippen LogP contribution in [0.25, 0.3) is 0 Å². The summed E-state index contributed by atoms with van der Waals surface area (Å²) in [6.45, 7) is 2.31. The smallest absolute Gasteiger partial charge is 0.240 e. The number of hydrogen-bond donors (Lipinski definition) is 1. The van der Waals surface area contributed by atoms with Crippen molar-refractivity contribution < 1.29 is 9.90 Å². The molecule has 0 aromatic carbocycles. The Balaban J connectivity index is 2.61. The SMILES string of the molecule is CCCC(C#N)C(=O)N(CCO)C1CCC1. The Morgan fingerprint density at radius 3 is 2.69 bits per heavy atom. The van der Waals surface area contributed by atoms with Crippen molar-refractivity contribution in [2.24, 2.45) is 5.92 Å². The van der Waals surface area contributed by atoms with Gasteiger partial charge in [-0.05, 0) is 25.7 Å². The number of rotatable bonds is 6. The van der Waals surface area contributed by atoms with Crippen LogP contribution >= 0.6 is 0 Å². The van der Waals surface area contributed by atoms with Gasteiger partial charge in [0.2, 0.25) is 5.91 Å². The van der Waals surface area contributed by atoms with Gasteiger partial charge in [0.05, 0.1) is 12.7 Å². The minimum absolute atomic E-state index is 0.0213. The van der Waals surface area contributed by atoms with Gasteiger partial charge in [0.1, 0.15) is 5.92 Å². The molecule has 0 aliphatic heterocycles. The lowest BCUT2D eigenvalue weighted by molar-refractivity contribution is -0.138. The third-order valence-corrected chi connectivity index (χ3v) is 3.17. The first-order valence-corrected chi connectivity index (χ1v) is 6.05. The molecular formula is C12H20N2O2. The fraction of sp³-hybridized carbons (Fsp3) is 0.833. The maximum atomic E-state index is 12.1. The molecule has 0 saturated heterocycles. The Morgan fingerprint density at radius 1 is 1.62 bits per heavy atom. The normalized spacial score (nSPS) is 17.3. The predicted molar refractivity (Wildman–Crippen MR) is 60.4 cm³/mol. The zero-order chi connectivity index (χ0) is 12.0. The number of nitrogens with zero attached hydrogens (tertiary/aromatic N) is 2. The molecule has 0 bridgehead atoms.